The molecule has 0 aliphatic rings. The number of ketones is 1. The zero-order valence-corrected chi connectivity index (χ0v) is 19.7. The van der Waals surface area contributed by atoms with E-state index in [1.54, 1.807) is 18.3 Å². The summed E-state index contributed by atoms with van der Waals surface area (Å²) in [5.41, 5.74) is 3.94. The monoisotopic (exact) mass is 444 g/mol. The molecule has 0 radical (unpaired) electrons. The maximum absolute atomic E-state index is 13.4. The van der Waals surface area contributed by atoms with Crippen LogP contribution in [0.25, 0.3) is 11.1 Å². The number of hydrogen-bond donors (Lipinski definition) is 1. The molecular weight excluding hydrogens is 412 g/mol. The third-order valence-corrected chi connectivity index (χ3v) is 5.74. The number of pyridine rings is 1. The Balaban J connectivity index is 1.95. The van der Waals surface area contributed by atoms with E-state index in [-0.39, 0.29) is 29.6 Å². The molecule has 0 spiro atoms. The molecule has 0 saturated carbocycles. The lowest BCUT2D eigenvalue weighted by molar-refractivity contribution is -0.126. The molecular formula is C28H32N2O3. The Labute approximate surface area is 195 Å². The van der Waals surface area contributed by atoms with Crippen molar-refractivity contribution in [2.45, 2.75) is 52.6 Å². The van der Waals surface area contributed by atoms with Gasteiger partial charge in [-0.2, -0.15) is 0 Å². The molecule has 1 N–H and O–H groups in total. The van der Waals surface area contributed by atoms with E-state index in [1.165, 1.54) is 17.6 Å². The van der Waals surface area contributed by atoms with Gasteiger partial charge < -0.3 is 9.88 Å². The minimum absolute atomic E-state index is 0.0149. The van der Waals surface area contributed by atoms with Crippen molar-refractivity contribution in [3.63, 3.8) is 0 Å². The lowest BCUT2D eigenvalue weighted by Gasteiger charge is -2.25. The first-order valence-electron chi connectivity index (χ1n) is 11.4. The van der Waals surface area contributed by atoms with Crippen LogP contribution in [0.5, 0.6) is 0 Å². The van der Waals surface area contributed by atoms with Crippen molar-refractivity contribution in [1.82, 2.24) is 9.88 Å². The summed E-state index contributed by atoms with van der Waals surface area (Å²) in [6.45, 7) is 7.63. The Morgan fingerprint density at radius 1 is 0.970 bits per heavy atom. The normalized spacial score (nSPS) is 12.9. The fourth-order valence-electron chi connectivity index (χ4n) is 4.12. The van der Waals surface area contributed by atoms with Crippen LogP contribution < -0.4 is 10.9 Å². The number of rotatable bonds is 9. The molecule has 3 aromatic rings. The van der Waals surface area contributed by atoms with Gasteiger partial charge in [-0.05, 0) is 60.6 Å². The number of amides is 1. The molecule has 1 heterocycles. The summed E-state index contributed by atoms with van der Waals surface area (Å²) in [7, 11) is 0. The van der Waals surface area contributed by atoms with E-state index in [1.807, 2.05) is 50.2 Å². The largest absolute Gasteiger partial charge is 0.347 e. The highest BCUT2D eigenvalue weighted by Gasteiger charge is 2.26. The summed E-state index contributed by atoms with van der Waals surface area (Å²) >= 11 is 0. The molecule has 0 aliphatic carbocycles. The van der Waals surface area contributed by atoms with Crippen LogP contribution in [0, 0.1) is 12.8 Å². The van der Waals surface area contributed by atoms with Gasteiger partial charge in [-0.15, -0.1) is 0 Å². The fourth-order valence-corrected chi connectivity index (χ4v) is 4.12. The van der Waals surface area contributed by atoms with Gasteiger partial charge in [0.25, 0.3) is 5.56 Å². The summed E-state index contributed by atoms with van der Waals surface area (Å²) in [6.07, 6.45) is 2.35. The van der Waals surface area contributed by atoms with Crippen molar-refractivity contribution in [2.24, 2.45) is 5.92 Å². The van der Waals surface area contributed by atoms with E-state index >= 15 is 0 Å². The molecule has 0 aliphatic heterocycles. The molecule has 3 rings (SSSR count). The molecule has 2 atom stereocenters. The molecule has 0 fully saturated rings. The topological polar surface area (TPSA) is 68.2 Å². The number of Topliss-reactive ketones (excluding diaryl/α,β-unsaturated/α-hetero) is 1. The van der Waals surface area contributed by atoms with Gasteiger partial charge in [0, 0.05) is 18.7 Å². The number of benzene rings is 2. The summed E-state index contributed by atoms with van der Waals surface area (Å²) in [5, 5.41) is 3.07. The Bertz CT molecular complexity index is 1180. The van der Waals surface area contributed by atoms with Gasteiger partial charge in [0.05, 0.1) is 6.04 Å². The third-order valence-electron chi connectivity index (χ3n) is 5.74. The Kier molecular flexibility index (Phi) is 7.99. The van der Waals surface area contributed by atoms with Crippen LogP contribution in [0.1, 0.15) is 56.8 Å². The van der Waals surface area contributed by atoms with Crippen LogP contribution in [-0.2, 0) is 9.59 Å². The molecule has 33 heavy (non-hydrogen) atoms. The van der Waals surface area contributed by atoms with E-state index < -0.39 is 12.1 Å². The number of aromatic nitrogens is 1. The Morgan fingerprint density at radius 3 is 2.36 bits per heavy atom. The van der Waals surface area contributed by atoms with Crippen molar-refractivity contribution >= 4 is 11.7 Å². The highest BCUT2D eigenvalue weighted by Crippen LogP contribution is 2.28. The fraction of sp³-hybridized carbons (Fsp3) is 0.321. The average molecular weight is 445 g/mol. The highest BCUT2D eigenvalue weighted by molar-refractivity contribution is 5.83. The van der Waals surface area contributed by atoms with Crippen LogP contribution in [-0.4, -0.2) is 16.3 Å². The van der Waals surface area contributed by atoms with Gasteiger partial charge in [-0.3, -0.25) is 14.4 Å². The van der Waals surface area contributed by atoms with Gasteiger partial charge in [0.1, 0.15) is 11.8 Å². The number of carbonyl (C=O) groups excluding carboxylic acids is 2. The molecule has 5 nitrogen and oxygen atoms in total. The second-order valence-electron chi connectivity index (χ2n) is 9.00. The molecule has 2 aromatic carbocycles. The van der Waals surface area contributed by atoms with Crippen molar-refractivity contribution in [2.75, 3.05) is 0 Å². The van der Waals surface area contributed by atoms with Crippen molar-refractivity contribution < 1.29 is 9.59 Å². The van der Waals surface area contributed by atoms with E-state index in [9.17, 15) is 14.4 Å². The van der Waals surface area contributed by atoms with E-state index in [0.717, 1.165) is 22.3 Å². The highest BCUT2D eigenvalue weighted by atomic mass is 16.2. The molecule has 172 valence electrons. The van der Waals surface area contributed by atoms with Crippen LogP contribution in [0.4, 0.5) is 0 Å². The van der Waals surface area contributed by atoms with E-state index in [0.29, 0.717) is 6.42 Å². The lowest BCUT2D eigenvalue weighted by Crippen LogP contribution is -2.39. The quantitative estimate of drug-likeness (QED) is 0.490. The minimum atomic E-state index is -0.646. The predicted molar refractivity (Wildman–Crippen MR) is 132 cm³/mol. The maximum Gasteiger partial charge on any atom is 0.251 e. The molecule has 0 unspecified atom stereocenters. The SMILES string of the molecule is CC(=O)C[C@H](NC(=O)[C@H](CC(C)C)n1ccccc1=O)c1cccc(-c2ccccc2C)c1. The van der Waals surface area contributed by atoms with Crippen LogP contribution in [0.2, 0.25) is 0 Å². The lowest BCUT2D eigenvalue weighted by atomic mass is 9.94. The summed E-state index contributed by atoms with van der Waals surface area (Å²) in [6, 6.07) is 19.8. The molecule has 5 heteroatoms. The van der Waals surface area contributed by atoms with E-state index in [2.05, 4.69) is 24.4 Å². The van der Waals surface area contributed by atoms with Gasteiger partial charge in [0.15, 0.2) is 0 Å². The zero-order valence-electron chi connectivity index (χ0n) is 19.7. The van der Waals surface area contributed by atoms with Gasteiger partial charge in [-0.25, -0.2) is 0 Å². The van der Waals surface area contributed by atoms with Gasteiger partial charge >= 0.3 is 0 Å². The van der Waals surface area contributed by atoms with Crippen molar-refractivity contribution in [1.29, 1.82) is 0 Å². The summed E-state index contributed by atoms with van der Waals surface area (Å²) in [5.74, 6) is -0.0630. The first-order valence-corrected chi connectivity index (χ1v) is 11.4. The van der Waals surface area contributed by atoms with E-state index in [4.69, 9.17) is 0 Å². The van der Waals surface area contributed by atoms with Crippen molar-refractivity contribution in [3.05, 3.63) is 94.4 Å². The smallest absolute Gasteiger partial charge is 0.251 e. The number of aryl methyl sites for hydroxylation is 1. The summed E-state index contributed by atoms with van der Waals surface area (Å²) in [4.78, 5) is 37.9. The zero-order chi connectivity index (χ0) is 24.0. The maximum atomic E-state index is 13.4. The van der Waals surface area contributed by atoms with Crippen LogP contribution in [0.3, 0.4) is 0 Å². The average Bonchev–Trinajstić information content (AvgIpc) is 2.77. The number of carbonyl (C=O) groups is 2. The Hall–Kier alpha value is -3.47. The molecule has 0 bridgehead atoms. The standard InChI is InChI=1S/C28H32N2O3/c1-19(2)16-26(30-15-8-7-14-27(30)32)28(33)29-25(17-21(4)31)23-12-9-11-22(18-23)24-13-6-5-10-20(24)3/h5-15,18-19,25-26H,16-17H2,1-4H3,(H,29,33)/t25-,26-/m0/s1. The minimum Gasteiger partial charge on any atom is -0.347 e. The summed E-state index contributed by atoms with van der Waals surface area (Å²) < 4.78 is 1.48. The Morgan fingerprint density at radius 2 is 1.70 bits per heavy atom. The van der Waals surface area contributed by atoms with Crippen LogP contribution >= 0.6 is 0 Å². The second kappa shape index (κ2) is 10.9. The second-order valence-corrected chi connectivity index (χ2v) is 9.00. The first kappa shape index (κ1) is 24.2. The predicted octanol–water partition coefficient (Wildman–Crippen LogP) is 5.25. The van der Waals surface area contributed by atoms with Crippen molar-refractivity contribution in [3.8, 4) is 11.1 Å². The first-order chi connectivity index (χ1) is 15.8. The molecule has 0 saturated heterocycles. The van der Waals surface area contributed by atoms with Gasteiger partial charge in [0.2, 0.25) is 5.91 Å². The third kappa shape index (κ3) is 6.28. The number of hydrogen-bond acceptors (Lipinski definition) is 3. The molecule has 1 aromatic heterocycles. The molecule has 1 amide bonds. The number of nitrogens with one attached hydrogen (secondary N) is 1. The number of nitrogens with zero attached hydrogens (tertiary/aromatic N) is 1. The van der Waals surface area contributed by atoms with Gasteiger partial charge in [-0.1, -0.05) is 62.4 Å². The van der Waals surface area contributed by atoms with Crippen LogP contribution in [0.15, 0.2) is 77.7 Å².